The number of fused-ring (bicyclic) bond motifs is 6. The van der Waals surface area contributed by atoms with Crippen molar-refractivity contribution in [1.82, 2.24) is 29.7 Å². The van der Waals surface area contributed by atoms with Gasteiger partial charge in [0, 0.05) is 12.7 Å². The topological polar surface area (TPSA) is 151 Å². The molecular weight excluding hydrogens is 472 g/mol. The van der Waals surface area contributed by atoms with Gasteiger partial charge in [0.15, 0.2) is 11.2 Å². The van der Waals surface area contributed by atoms with Gasteiger partial charge >= 0.3 is 0 Å². The number of aryl methyl sites for hydroxylation is 1. The van der Waals surface area contributed by atoms with Crippen molar-refractivity contribution < 1.29 is 9.59 Å². The molecule has 3 aliphatic rings. The number of aromatic amines is 1. The maximum atomic E-state index is 13.9. The first kappa shape index (κ1) is 21.4. The Balaban J connectivity index is 1.44. The van der Waals surface area contributed by atoms with Crippen LogP contribution in [0.4, 0.5) is 11.6 Å². The van der Waals surface area contributed by atoms with Crippen molar-refractivity contribution in [2.45, 2.75) is 24.0 Å². The highest BCUT2D eigenvalue weighted by molar-refractivity contribution is 6.08. The predicted molar refractivity (Wildman–Crippen MR) is 136 cm³/mol. The molecule has 7 rings (SSSR count). The van der Waals surface area contributed by atoms with E-state index in [0.717, 1.165) is 16.8 Å². The van der Waals surface area contributed by atoms with E-state index in [1.165, 1.54) is 0 Å². The SMILES string of the molecule is Cn1c([C@@]23C[C@@H]4C(=O)N/C(=C\c5ccccc5)C(=O)N4[C@@H]2Nc2ccccc23)nc2c(=O)[nH]c(N)nc21. The van der Waals surface area contributed by atoms with Gasteiger partial charge in [-0.1, -0.05) is 48.5 Å². The van der Waals surface area contributed by atoms with Gasteiger partial charge in [-0.3, -0.25) is 19.4 Å². The number of para-hydroxylation sites is 1. The number of carbonyl (C=O) groups excluding carboxylic acids is 2. The van der Waals surface area contributed by atoms with Crippen LogP contribution in [0.1, 0.15) is 23.4 Å². The fourth-order valence-electron chi connectivity index (χ4n) is 6.05. The van der Waals surface area contributed by atoms with Crippen LogP contribution in [0.2, 0.25) is 0 Å². The number of amides is 2. The van der Waals surface area contributed by atoms with Crippen LogP contribution >= 0.6 is 0 Å². The van der Waals surface area contributed by atoms with Gasteiger partial charge in [0.1, 0.15) is 23.7 Å². The zero-order valence-electron chi connectivity index (χ0n) is 19.7. The number of hydrogen-bond donors (Lipinski definition) is 4. The van der Waals surface area contributed by atoms with E-state index >= 15 is 0 Å². The first-order valence-corrected chi connectivity index (χ1v) is 11.9. The Morgan fingerprint density at radius 1 is 1.05 bits per heavy atom. The highest BCUT2D eigenvalue weighted by Crippen LogP contribution is 2.55. The van der Waals surface area contributed by atoms with Crippen LogP contribution in [-0.4, -0.2) is 48.4 Å². The fraction of sp³-hybridized carbons (Fsp3) is 0.192. The minimum atomic E-state index is -0.910. The number of rotatable bonds is 2. The Hall–Kier alpha value is -4.93. The number of imidazole rings is 1. The molecule has 0 bridgehead atoms. The quantitative estimate of drug-likeness (QED) is 0.304. The van der Waals surface area contributed by atoms with Crippen LogP contribution in [0, 0.1) is 0 Å². The van der Waals surface area contributed by atoms with Gasteiger partial charge in [0.05, 0.1) is 5.41 Å². The molecule has 2 saturated heterocycles. The Morgan fingerprint density at radius 3 is 2.62 bits per heavy atom. The summed E-state index contributed by atoms with van der Waals surface area (Å²) >= 11 is 0. The third kappa shape index (κ3) is 2.79. The zero-order valence-corrected chi connectivity index (χ0v) is 19.7. The third-order valence-electron chi connectivity index (χ3n) is 7.58. The lowest BCUT2D eigenvalue weighted by atomic mass is 9.77. The second kappa shape index (κ2) is 7.29. The summed E-state index contributed by atoms with van der Waals surface area (Å²) in [4.78, 5) is 53.1. The molecule has 184 valence electrons. The Kier molecular flexibility index (Phi) is 4.21. The highest BCUT2D eigenvalue weighted by Gasteiger charge is 2.65. The van der Waals surface area contributed by atoms with Gasteiger partial charge in [0.25, 0.3) is 11.5 Å². The van der Waals surface area contributed by atoms with Crippen molar-refractivity contribution in [2.24, 2.45) is 7.05 Å². The summed E-state index contributed by atoms with van der Waals surface area (Å²) in [6, 6.07) is 16.4. The van der Waals surface area contributed by atoms with E-state index in [-0.39, 0.29) is 35.4 Å². The summed E-state index contributed by atoms with van der Waals surface area (Å²) < 4.78 is 1.74. The first-order valence-electron chi connectivity index (χ1n) is 11.9. The van der Waals surface area contributed by atoms with Crippen LogP contribution in [-0.2, 0) is 22.1 Å². The molecule has 0 saturated carbocycles. The number of anilines is 2. The molecule has 2 aromatic heterocycles. The van der Waals surface area contributed by atoms with Crippen molar-refractivity contribution in [2.75, 3.05) is 11.1 Å². The number of piperazine rings is 1. The van der Waals surface area contributed by atoms with E-state index in [1.807, 2.05) is 54.6 Å². The van der Waals surface area contributed by atoms with Gasteiger partial charge < -0.3 is 25.8 Å². The van der Waals surface area contributed by atoms with E-state index in [2.05, 4.69) is 20.6 Å². The molecule has 4 aromatic rings. The van der Waals surface area contributed by atoms with E-state index in [9.17, 15) is 14.4 Å². The zero-order chi connectivity index (χ0) is 25.5. The molecule has 3 aliphatic heterocycles. The van der Waals surface area contributed by atoms with Crippen molar-refractivity contribution in [3.05, 3.63) is 87.6 Å². The number of nitrogens with one attached hydrogen (secondary N) is 3. The van der Waals surface area contributed by atoms with Gasteiger partial charge in [0.2, 0.25) is 11.9 Å². The second-order valence-corrected chi connectivity index (χ2v) is 9.57. The molecule has 3 atom stereocenters. The summed E-state index contributed by atoms with van der Waals surface area (Å²) in [5, 5.41) is 6.30. The minimum absolute atomic E-state index is 0.0138. The van der Waals surface area contributed by atoms with Crippen LogP contribution in [0.3, 0.4) is 0 Å². The van der Waals surface area contributed by atoms with Gasteiger partial charge in [-0.05, 0) is 29.7 Å². The normalized spacial score (nSPS) is 25.1. The lowest BCUT2D eigenvalue weighted by molar-refractivity contribution is -0.141. The van der Waals surface area contributed by atoms with E-state index in [1.54, 1.807) is 22.6 Å². The molecule has 5 N–H and O–H groups in total. The molecular formula is C26H22N8O3. The number of carbonyl (C=O) groups is 2. The Bertz CT molecular complexity index is 1720. The molecule has 2 fully saturated rings. The van der Waals surface area contributed by atoms with Crippen LogP contribution in [0.25, 0.3) is 17.2 Å². The monoisotopic (exact) mass is 494 g/mol. The lowest BCUT2D eigenvalue weighted by Gasteiger charge is -2.35. The first-order chi connectivity index (χ1) is 17.9. The van der Waals surface area contributed by atoms with Gasteiger partial charge in [-0.25, -0.2) is 4.98 Å². The molecule has 0 unspecified atom stereocenters. The largest absolute Gasteiger partial charge is 0.369 e. The van der Waals surface area contributed by atoms with Crippen molar-refractivity contribution >= 4 is 40.7 Å². The molecule has 0 aliphatic carbocycles. The number of benzene rings is 2. The number of aromatic nitrogens is 4. The van der Waals surface area contributed by atoms with Crippen LogP contribution in [0.15, 0.2) is 65.1 Å². The standard InChI is InChI=1S/C26H22N8O3/c1-33-19-18(21(36)32-25(27)31-19)30-23(33)26-12-17-20(35)28-16(11-13-7-3-2-4-8-13)22(37)34(17)24(26)29-15-10-6-5-9-14(15)26/h2-11,17,24,29H,12H2,1H3,(H,28,35)(H3,27,31,32,36)/b16-11-/t17-,24+,26+/m1/s1. The molecule has 37 heavy (non-hydrogen) atoms. The molecule has 2 amide bonds. The third-order valence-corrected chi connectivity index (χ3v) is 7.58. The summed E-state index contributed by atoms with van der Waals surface area (Å²) in [5.74, 6) is -0.0503. The second-order valence-electron chi connectivity index (χ2n) is 9.57. The van der Waals surface area contributed by atoms with Crippen LogP contribution < -0.4 is 21.9 Å². The number of nitrogens with zero attached hydrogens (tertiary/aromatic N) is 4. The molecule has 11 nitrogen and oxygen atoms in total. The predicted octanol–water partition coefficient (Wildman–Crippen LogP) is 1.05. The average molecular weight is 495 g/mol. The minimum Gasteiger partial charge on any atom is -0.369 e. The molecule has 5 heterocycles. The molecule has 2 aromatic carbocycles. The Labute approximate surface area is 210 Å². The molecule has 11 heteroatoms. The van der Waals surface area contributed by atoms with E-state index < -0.39 is 23.2 Å². The van der Waals surface area contributed by atoms with Crippen molar-refractivity contribution in [1.29, 1.82) is 0 Å². The summed E-state index contributed by atoms with van der Waals surface area (Å²) in [6.45, 7) is 0. The smallest absolute Gasteiger partial charge is 0.280 e. The number of H-pyrrole nitrogens is 1. The average Bonchev–Trinajstić information content (AvgIpc) is 3.50. The summed E-state index contributed by atoms with van der Waals surface area (Å²) in [6.07, 6.45) is 1.35. The lowest BCUT2D eigenvalue weighted by Crippen LogP contribution is -2.58. The molecule has 0 spiro atoms. The van der Waals surface area contributed by atoms with Crippen LogP contribution in [0.5, 0.6) is 0 Å². The Morgan fingerprint density at radius 2 is 1.81 bits per heavy atom. The maximum absolute atomic E-state index is 13.9. The summed E-state index contributed by atoms with van der Waals surface area (Å²) in [5.41, 5.74) is 7.68. The maximum Gasteiger partial charge on any atom is 0.280 e. The highest BCUT2D eigenvalue weighted by atomic mass is 16.2. The fourth-order valence-corrected chi connectivity index (χ4v) is 6.05. The number of nitrogen functional groups attached to an aromatic ring is 1. The summed E-state index contributed by atoms with van der Waals surface area (Å²) in [7, 11) is 1.77. The molecule has 0 radical (unpaired) electrons. The van der Waals surface area contributed by atoms with E-state index in [0.29, 0.717) is 11.5 Å². The van der Waals surface area contributed by atoms with E-state index in [4.69, 9.17) is 10.7 Å². The number of hydrogen-bond acceptors (Lipinski definition) is 7. The van der Waals surface area contributed by atoms with Crippen molar-refractivity contribution in [3.63, 3.8) is 0 Å². The van der Waals surface area contributed by atoms with Crippen molar-refractivity contribution in [3.8, 4) is 0 Å². The number of nitrogens with two attached hydrogens (primary N) is 1. The van der Waals surface area contributed by atoms with Gasteiger partial charge in [-0.15, -0.1) is 0 Å². The van der Waals surface area contributed by atoms with Gasteiger partial charge in [-0.2, -0.15) is 4.98 Å².